The highest BCUT2D eigenvalue weighted by molar-refractivity contribution is 5.70. The van der Waals surface area contributed by atoms with Gasteiger partial charge in [-0.2, -0.15) is 0 Å². The molecule has 4 nitrogen and oxygen atoms in total. The summed E-state index contributed by atoms with van der Waals surface area (Å²) < 4.78 is 5.51. The fraction of sp³-hybridized carbons (Fsp3) is 0.846. The Labute approximate surface area is 103 Å². The van der Waals surface area contributed by atoms with Crippen LogP contribution in [-0.4, -0.2) is 22.6 Å². The summed E-state index contributed by atoms with van der Waals surface area (Å²) in [5.41, 5.74) is -0.329. The molecule has 0 aliphatic heterocycles. The largest absolute Gasteiger partial charge is 0.481 e. The van der Waals surface area contributed by atoms with Crippen LogP contribution in [0.1, 0.15) is 65.7 Å². The molecule has 100 valence electrons. The smallest absolute Gasteiger partial charge is 0.306 e. The second-order valence-corrected chi connectivity index (χ2v) is 4.32. The van der Waals surface area contributed by atoms with E-state index in [1.807, 2.05) is 20.8 Å². The summed E-state index contributed by atoms with van der Waals surface area (Å²) >= 11 is 0. The molecule has 0 atom stereocenters. The van der Waals surface area contributed by atoms with Crippen molar-refractivity contribution in [2.45, 2.75) is 71.3 Å². The first-order valence-corrected chi connectivity index (χ1v) is 6.43. The lowest BCUT2D eigenvalue weighted by molar-refractivity contribution is -0.161. The van der Waals surface area contributed by atoms with Gasteiger partial charge < -0.3 is 9.84 Å². The molecule has 0 fully saturated rings. The fourth-order valence-electron chi connectivity index (χ4n) is 1.80. The lowest BCUT2D eigenvalue weighted by atomic mass is 9.94. The van der Waals surface area contributed by atoms with Crippen LogP contribution in [0.3, 0.4) is 0 Å². The van der Waals surface area contributed by atoms with Gasteiger partial charge in [0.2, 0.25) is 0 Å². The van der Waals surface area contributed by atoms with Crippen LogP contribution in [0.25, 0.3) is 0 Å². The van der Waals surface area contributed by atoms with Gasteiger partial charge in [0.15, 0.2) is 0 Å². The number of hydrogen-bond donors (Lipinski definition) is 1. The highest BCUT2D eigenvalue weighted by Crippen LogP contribution is 2.25. The van der Waals surface area contributed by atoms with Crippen molar-refractivity contribution < 1.29 is 19.4 Å². The monoisotopic (exact) mass is 244 g/mol. The van der Waals surface area contributed by atoms with Crippen LogP contribution < -0.4 is 0 Å². The van der Waals surface area contributed by atoms with Crippen molar-refractivity contribution in [3.8, 4) is 0 Å². The molecule has 0 spiro atoms. The highest BCUT2D eigenvalue weighted by Gasteiger charge is 2.27. The summed E-state index contributed by atoms with van der Waals surface area (Å²) in [6.07, 6.45) is 4.01. The van der Waals surface area contributed by atoms with Crippen LogP contribution in [-0.2, 0) is 14.3 Å². The molecule has 0 radical (unpaired) electrons. The lowest BCUT2D eigenvalue weighted by Crippen LogP contribution is -2.33. The molecule has 17 heavy (non-hydrogen) atoms. The molecule has 0 bridgehead atoms. The first-order chi connectivity index (χ1) is 7.99. The maximum Gasteiger partial charge on any atom is 0.306 e. The zero-order valence-electron chi connectivity index (χ0n) is 11.1. The Morgan fingerprint density at radius 3 is 1.88 bits per heavy atom. The first kappa shape index (κ1) is 15.9. The van der Waals surface area contributed by atoms with E-state index in [-0.39, 0.29) is 18.0 Å². The highest BCUT2D eigenvalue weighted by atomic mass is 16.6. The number of carbonyl (C=O) groups is 2. The van der Waals surface area contributed by atoms with Gasteiger partial charge in [0.1, 0.15) is 5.60 Å². The average molecular weight is 244 g/mol. The molecule has 0 saturated heterocycles. The van der Waals surface area contributed by atoms with Gasteiger partial charge >= 0.3 is 11.9 Å². The molecule has 0 aromatic rings. The number of carboxylic acids is 1. The molecule has 0 aliphatic rings. The minimum absolute atomic E-state index is 0.119. The molecule has 0 aliphatic carbocycles. The second kappa shape index (κ2) is 8.09. The number of ether oxygens (including phenoxy) is 1. The molecule has 0 unspecified atom stereocenters. The van der Waals surface area contributed by atoms with Crippen molar-refractivity contribution in [2.24, 2.45) is 0 Å². The summed E-state index contributed by atoms with van der Waals surface area (Å²) in [5.74, 6) is -1.02. The van der Waals surface area contributed by atoms with Gasteiger partial charge in [-0.25, -0.2) is 0 Å². The number of aliphatic carboxylic acids is 1. The van der Waals surface area contributed by atoms with E-state index in [2.05, 4.69) is 0 Å². The SMILES string of the molecule is CCC(CC)(CC)OC(=O)CCCCC(=O)O. The van der Waals surface area contributed by atoms with Crippen molar-refractivity contribution in [1.29, 1.82) is 0 Å². The van der Waals surface area contributed by atoms with E-state index in [1.165, 1.54) is 0 Å². The first-order valence-electron chi connectivity index (χ1n) is 6.43. The zero-order chi connectivity index (χ0) is 13.3. The van der Waals surface area contributed by atoms with Gasteiger partial charge in [-0.15, -0.1) is 0 Å². The quantitative estimate of drug-likeness (QED) is 0.500. The Hall–Kier alpha value is -1.06. The normalized spacial score (nSPS) is 11.2. The maximum absolute atomic E-state index is 11.6. The van der Waals surface area contributed by atoms with E-state index >= 15 is 0 Å². The van der Waals surface area contributed by atoms with Crippen LogP contribution in [0.2, 0.25) is 0 Å². The summed E-state index contributed by atoms with van der Waals surface area (Å²) in [4.78, 5) is 21.9. The topological polar surface area (TPSA) is 63.6 Å². The van der Waals surface area contributed by atoms with Gasteiger partial charge in [0.25, 0.3) is 0 Å². The molecule has 4 heteroatoms. The van der Waals surface area contributed by atoms with E-state index < -0.39 is 5.97 Å². The molecule has 0 aromatic heterocycles. The summed E-state index contributed by atoms with van der Waals surface area (Å²) in [6, 6.07) is 0. The van der Waals surface area contributed by atoms with E-state index in [4.69, 9.17) is 9.84 Å². The predicted octanol–water partition coefficient (Wildman–Crippen LogP) is 3.14. The van der Waals surface area contributed by atoms with Gasteiger partial charge in [0, 0.05) is 12.8 Å². The fourth-order valence-corrected chi connectivity index (χ4v) is 1.80. The standard InChI is InChI=1S/C13H24O4/c1-4-13(5-2,6-3)17-12(16)10-8-7-9-11(14)15/h4-10H2,1-3H3,(H,14,15). The van der Waals surface area contributed by atoms with Crippen LogP contribution in [0.15, 0.2) is 0 Å². The molecule has 0 heterocycles. The Morgan fingerprint density at radius 2 is 1.47 bits per heavy atom. The number of unbranched alkanes of at least 4 members (excludes halogenated alkanes) is 1. The van der Waals surface area contributed by atoms with Gasteiger partial charge in [-0.3, -0.25) is 9.59 Å². The minimum Gasteiger partial charge on any atom is -0.481 e. The van der Waals surface area contributed by atoms with Crippen molar-refractivity contribution in [1.82, 2.24) is 0 Å². The summed E-state index contributed by atoms with van der Waals surface area (Å²) in [7, 11) is 0. The minimum atomic E-state index is -0.816. The number of carboxylic acid groups (broad SMARTS) is 1. The molecule has 0 saturated carbocycles. The van der Waals surface area contributed by atoms with E-state index in [1.54, 1.807) is 0 Å². The zero-order valence-corrected chi connectivity index (χ0v) is 11.1. The Balaban J connectivity index is 3.95. The Kier molecular flexibility index (Phi) is 7.59. The molecule has 0 rings (SSSR count). The second-order valence-electron chi connectivity index (χ2n) is 4.32. The van der Waals surface area contributed by atoms with Crippen LogP contribution in [0, 0.1) is 0 Å². The average Bonchev–Trinajstić information content (AvgIpc) is 2.32. The molecule has 1 N–H and O–H groups in total. The number of carbonyl (C=O) groups excluding carboxylic acids is 1. The van der Waals surface area contributed by atoms with E-state index in [0.29, 0.717) is 19.3 Å². The molecular formula is C13H24O4. The summed E-state index contributed by atoms with van der Waals surface area (Å²) in [6.45, 7) is 6.06. The lowest BCUT2D eigenvalue weighted by Gasteiger charge is -2.30. The predicted molar refractivity (Wildman–Crippen MR) is 65.8 cm³/mol. The van der Waals surface area contributed by atoms with Gasteiger partial charge in [-0.05, 0) is 32.1 Å². The summed E-state index contributed by atoms with van der Waals surface area (Å²) in [5, 5.41) is 8.46. The third-order valence-electron chi connectivity index (χ3n) is 3.28. The van der Waals surface area contributed by atoms with Crippen molar-refractivity contribution in [3.63, 3.8) is 0 Å². The maximum atomic E-state index is 11.6. The van der Waals surface area contributed by atoms with Gasteiger partial charge in [-0.1, -0.05) is 20.8 Å². The Morgan fingerprint density at radius 1 is 1.00 bits per heavy atom. The third kappa shape index (κ3) is 6.29. The van der Waals surface area contributed by atoms with Crippen molar-refractivity contribution in [3.05, 3.63) is 0 Å². The van der Waals surface area contributed by atoms with Crippen LogP contribution >= 0.6 is 0 Å². The number of hydrogen-bond acceptors (Lipinski definition) is 3. The third-order valence-corrected chi connectivity index (χ3v) is 3.28. The van der Waals surface area contributed by atoms with E-state index in [9.17, 15) is 9.59 Å². The molecular weight excluding hydrogens is 220 g/mol. The van der Waals surface area contributed by atoms with Crippen LogP contribution in [0.5, 0.6) is 0 Å². The Bertz CT molecular complexity index is 236. The number of rotatable bonds is 9. The van der Waals surface area contributed by atoms with Crippen molar-refractivity contribution in [2.75, 3.05) is 0 Å². The van der Waals surface area contributed by atoms with Crippen molar-refractivity contribution >= 4 is 11.9 Å². The van der Waals surface area contributed by atoms with Crippen LogP contribution in [0.4, 0.5) is 0 Å². The van der Waals surface area contributed by atoms with E-state index in [0.717, 1.165) is 19.3 Å². The van der Waals surface area contributed by atoms with Gasteiger partial charge in [0.05, 0.1) is 0 Å². The number of esters is 1. The molecule has 0 amide bonds. The molecule has 0 aromatic carbocycles.